The summed E-state index contributed by atoms with van der Waals surface area (Å²) in [4.78, 5) is 0. The third kappa shape index (κ3) is 4.43. The van der Waals surface area contributed by atoms with Gasteiger partial charge in [-0.15, -0.1) is 0 Å². The molecule has 2 unspecified atom stereocenters. The van der Waals surface area contributed by atoms with Gasteiger partial charge < -0.3 is 5.32 Å². The summed E-state index contributed by atoms with van der Waals surface area (Å²) in [7, 11) is -1.16. The van der Waals surface area contributed by atoms with Crippen molar-refractivity contribution in [2.75, 3.05) is 31.6 Å². The number of nitrogens with zero attached hydrogens (tertiary/aromatic N) is 1. The van der Waals surface area contributed by atoms with Crippen molar-refractivity contribution in [1.82, 2.24) is 9.62 Å². The molecular formula is C11H24N2O2S2. The molecule has 0 spiro atoms. The molecule has 4 nitrogen and oxygen atoms in total. The van der Waals surface area contributed by atoms with E-state index in [1.165, 1.54) is 0 Å². The van der Waals surface area contributed by atoms with Crippen LogP contribution in [0.15, 0.2) is 0 Å². The van der Waals surface area contributed by atoms with Crippen LogP contribution in [0, 0.1) is 0 Å². The van der Waals surface area contributed by atoms with Gasteiger partial charge in [-0.05, 0) is 33.4 Å². The lowest BCUT2D eigenvalue weighted by Gasteiger charge is -2.36. The molecule has 1 saturated heterocycles. The Morgan fingerprint density at radius 3 is 2.71 bits per heavy atom. The highest BCUT2D eigenvalue weighted by molar-refractivity contribution is 8.00. The molecule has 102 valence electrons. The van der Waals surface area contributed by atoms with E-state index >= 15 is 0 Å². The Balaban J connectivity index is 2.51. The number of rotatable bonds is 6. The van der Waals surface area contributed by atoms with Gasteiger partial charge in [0.15, 0.2) is 0 Å². The number of sulfonamides is 1. The molecule has 1 aliphatic rings. The Bertz CT molecular complexity index is 319. The maximum atomic E-state index is 12.2. The average molecular weight is 280 g/mol. The summed E-state index contributed by atoms with van der Waals surface area (Å²) in [5.41, 5.74) is 0. The largest absolute Gasteiger partial charge is 0.320 e. The molecule has 1 heterocycles. The van der Waals surface area contributed by atoms with Crippen molar-refractivity contribution >= 4 is 21.8 Å². The molecule has 2 atom stereocenters. The van der Waals surface area contributed by atoms with Crippen LogP contribution in [0.1, 0.15) is 26.7 Å². The van der Waals surface area contributed by atoms with Gasteiger partial charge >= 0.3 is 0 Å². The van der Waals surface area contributed by atoms with Gasteiger partial charge in [-0.1, -0.05) is 6.92 Å². The lowest BCUT2D eigenvalue weighted by Crippen LogP contribution is -2.48. The van der Waals surface area contributed by atoms with Gasteiger partial charge in [-0.2, -0.15) is 16.1 Å². The molecule has 0 bridgehead atoms. The van der Waals surface area contributed by atoms with Crippen LogP contribution in [0.4, 0.5) is 0 Å². The zero-order chi connectivity index (χ0) is 12.9. The highest BCUT2D eigenvalue weighted by Gasteiger charge is 2.33. The number of thioether (sulfide) groups is 1. The first-order valence-electron chi connectivity index (χ1n) is 6.24. The van der Waals surface area contributed by atoms with Crippen LogP contribution in [0.25, 0.3) is 0 Å². The quantitative estimate of drug-likeness (QED) is 0.741. The van der Waals surface area contributed by atoms with Crippen molar-refractivity contribution in [3.05, 3.63) is 0 Å². The maximum Gasteiger partial charge on any atom is 0.214 e. The summed E-state index contributed by atoms with van der Waals surface area (Å²) in [6.45, 7) is 5.68. The monoisotopic (exact) mass is 280 g/mol. The predicted molar refractivity (Wildman–Crippen MR) is 75.0 cm³/mol. The summed E-state index contributed by atoms with van der Waals surface area (Å²) in [6, 6.07) is 0.128. The van der Waals surface area contributed by atoms with Crippen molar-refractivity contribution in [3.8, 4) is 0 Å². The van der Waals surface area contributed by atoms with Crippen molar-refractivity contribution in [2.24, 2.45) is 0 Å². The van der Waals surface area contributed by atoms with Crippen LogP contribution in [-0.4, -0.2) is 55.7 Å². The molecule has 0 aromatic rings. The third-order valence-corrected chi connectivity index (χ3v) is 6.63. The van der Waals surface area contributed by atoms with E-state index in [0.717, 1.165) is 25.1 Å². The van der Waals surface area contributed by atoms with Gasteiger partial charge in [-0.3, -0.25) is 0 Å². The van der Waals surface area contributed by atoms with E-state index in [0.29, 0.717) is 11.8 Å². The first kappa shape index (κ1) is 15.3. The molecule has 17 heavy (non-hydrogen) atoms. The molecule has 1 aliphatic heterocycles. The normalized spacial score (nSPS) is 27.2. The fourth-order valence-corrected chi connectivity index (χ4v) is 5.16. The number of nitrogens with one attached hydrogen (secondary N) is 1. The Labute approximate surface area is 110 Å². The van der Waals surface area contributed by atoms with Gasteiger partial charge in [0, 0.05) is 23.6 Å². The van der Waals surface area contributed by atoms with Gasteiger partial charge in [0.25, 0.3) is 0 Å². The lowest BCUT2D eigenvalue weighted by molar-refractivity contribution is 0.340. The van der Waals surface area contributed by atoms with Crippen molar-refractivity contribution in [1.29, 1.82) is 0 Å². The molecule has 0 aromatic heterocycles. The van der Waals surface area contributed by atoms with Gasteiger partial charge in [-0.25, -0.2) is 8.42 Å². The SMILES string of the molecule is CNCCCCS(=O)(=O)N1CCSC(C)C1C. The highest BCUT2D eigenvalue weighted by Crippen LogP contribution is 2.26. The molecule has 6 heteroatoms. The second-order valence-corrected chi connectivity index (χ2v) is 8.08. The van der Waals surface area contributed by atoms with E-state index in [4.69, 9.17) is 0 Å². The minimum absolute atomic E-state index is 0.128. The van der Waals surface area contributed by atoms with Crippen LogP contribution >= 0.6 is 11.8 Å². The van der Waals surface area contributed by atoms with Crippen molar-refractivity contribution < 1.29 is 8.42 Å². The molecule has 0 saturated carbocycles. The van der Waals surface area contributed by atoms with E-state index in [1.54, 1.807) is 4.31 Å². The Morgan fingerprint density at radius 2 is 2.06 bits per heavy atom. The molecule has 1 fully saturated rings. The Hall–Kier alpha value is 0.220. The Morgan fingerprint density at radius 1 is 1.35 bits per heavy atom. The second kappa shape index (κ2) is 6.97. The van der Waals surface area contributed by atoms with Crippen molar-refractivity contribution in [3.63, 3.8) is 0 Å². The zero-order valence-electron chi connectivity index (χ0n) is 11.0. The fraction of sp³-hybridized carbons (Fsp3) is 1.00. The minimum atomic E-state index is -3.05. The second-order valence-electron chi connectivity index (χ2n) is 4.55. The van der Waals surface area contributed by atoms with E-state index in [-0.39, 0.29) is 11.8 Å². The maximum absolute atomic E-state index is 12.2. The summed E-state index contributed by atoms with van der Waals surface area (Å²) in [5, 5.41) is 3.44. The van der Waals surface area contributed by atoms with Gasteiger partial charge in [0.05, 0.1) is 5.75 Å². The molecule has 0 aromatic carbocycles. The molecule has 1 N–H and O–H groups in total. The third-order valence-electron chi connectivity index (χ3n) is 3.26. The summed E-state index contributed by atoms with van der Waals surface area (Å²) in [5.74, 6) is 1.21. The first-order valence-corrected chi connectivity index (χ1v) is 8.90. The lowest BCUT2D eigenvalue weighted by atomic mass is 10.2. The minimum Gasteiger partial charge on any atom is -0.320 e. The number of hydrogen-bond donors (Lipinski definition) is 1. The molecule has 0 aliphatic carbocycles. The fourth-order valence-electron chi connectivity index (χ4n) is 2.00. The smallest absolute Gasteiger partial charge is 0.214 e. The zero-order valence-corrected chi connectivity index (χ0v) is 12.6. The average Bonchev–Trinajstić information content (AvgIpc) is 2.28. The number of unbranched alkanes of at least 4 members (excludes halogenated alkanes) is 1. The van der Waals surface area contributed by atoms with Crippen LogP contribution in [0.2, 0.25) is 0 Å². The van der Waals surface area contributed by atoms with Gasteiger partial charge in [0.2, 0.25) is 10.0 Å². The molecular weight excluding hydrogens is 256 g/mol. The summed E-state index contributed by atoms with van der Waals surface area (Å²) in [6.07, 6.45) is 1.66. The summed E-state index contributed by atoms with van der Waals surface area (Å²) >= 11 is 1.86. The van der Waals surface area contributed by atoms with Crippen LogP contribution < -0.4 is 5.32 Å². The van der Waals surface area contributed by atoms with E-state index < -0.39 is 10.0 Å². The standard InChI is InChI=1S/C11H24N2O2S2/c1-10-11(2)16-8-7-13(10)17(14,15)9-5-4-6-12-3/h10-12H,4-9H2,1-3H3. The van der Waals surface area contributed by atoms with E-state index in [9.17, 15) is 8.42 Å². The highest BCUT2D eigenvalue weighted by atomic mass is 32.2. The first-order chi connectivity index (χ1) is 7.99. The molecule has 0 radical (unpaired) electrons. The molecule has 0 amide bonds. The summed E-state index contributed by atoms with van der Waals surface area (Å²) < 4.78 is 26.1. The Kier molecular flexibility index (Phi) is 6.26. The van der Waals surface area contributed by atoms with Crippen LogP contribution in [0.5, 0.6) is 0 Å². The van der Waals surface area contributed by atoms with Crippen LogP contribution in [0.3, 0.4) is 0 Å². The van der Waals surface area contributed by atoms with E-state index in [1.807, 2.05) is 25.7 Å². The molecule has 1 rings (SSSR count). The van der Waals surface area contributed by atoms with E-state index in [2.05, 4.69) is 12.2 Å². The van der Waals surface area contributed by atoms with Crippen molar-refractivity contribution in [2.45, 2.75) is 38.0 Å². The topological polar surface area (TPSA) is 49.4 Å². The van der Waals surface area contributed by atoms with Crippen LogP contribution in [-0.2, 0) is 10.0 Å². The van der Waals surface area contributed by atoms with Gasteiger partial charge in [0.1, 0.15) is 0 Å². The number of hydrogen-bond acceptors (Lipinski definition) is 4. The predicted octanol–water partition coefficient (Wildman–Crippen LogP) is 1.14.